The SMILES string of the molecule is CCC(O)CCNc1ccc(F)cc1C#N. The average Bonchev–Trinajstić information content (AvgIpc) is 2.30. The summed E-state index contributed by atoms with van der Waals surface area (Å²) in [7, 11) is 0. The van der Waals surface area contributed by atoms with Gasteiger partial charge < -0.3 is 10.4 Å². The first-order chi connectivity index (χ1) is 7.67. The first-order valence-electron chi connectivity index (χ1n) is 5.29. The van der Waals surface area contributed by atoms with Crippen LogP contribution in [0.3, 0.4) is 0 Å². The minimum Gasteiger partial charge on any atom is -0.393 e. The molecule has 4 heteroatoms. The standard InChI is InChI=1S/C12H15FN2O/c1-2-11(16)5-6-15-12-4-3-10(13)7-9(12)8-14/h3-4,7,11,15-16H,2,5-6H2,1H3. The lowest BCUT2D eigenvalue weighted by Gasteiger charge is -2.10. The maximum Gasteiger partial charge on any atom is 0.124 e. The van der Waals surface area contributed by atoms with Gasteiger partial charge in [-0.2, -0.15) is 5.26 Å². The molecule has 0 saturated heterocycles. The van der Waals surface area contributed by atoms with Crippen molar-refractivity contribution in [1.82, 2.24) is 0 Å². The smallest absolute Gasteiger partial charge is 0.124 e. The second-order valence-electron chi connectivity index (χ2n) is 3.58. The highest BCUT2D eigenvalue weighted by Crippen LogP contribution is 2.16. The quantitative estimate of drug-likeness (QED) is 0.803. The van der Waals surface area contributed by atoms with Crippen molar-refractivity contribution in [1.29, 1.82) is 5.26 Å². The molecular formula is C12H15FN2O. The molecule has 2 N–H and O–H groups in total. The Hall–Kier alpha value is -1.60. The van der Waals surface area contributed by atoms with Gasteiger partial charge in [0.15, 0.2) is 0 Å². The first kappa shape index (κ1) is 12.5. The molecule has 0 radical (unpaired) electrons. The zero-order chi connectivity index (χ0) is 12.0. The number of anilines is 1. The molecule has 1 atom stereocenters. The van der Waals surface area contributed by atoms with Gasteiger partial charge in [0.1, 0.15) is 11.9 Å². The second kappa shape index (κ2) is 6.09. The fourth-order valence-electron chi connectivity index (χ4n) is 1.34. The fraction of sp³-hybridized carbons (Fsp3) is 0.417. The Morgan fingerprint density at radius 2 is 2.31 bits per heavy atom. The largest absolute Gasteiger partial charge is 0.393 e. The van der Waals surface area contributed by atoms with E-state index in [1.54, 1.807) is 0 Å². The summed E-state index contributed by atoms with van der Waals surface area (Å²) in [4.78, 5) is 0. The van der Waals surface area contributed by atoms with Crippen LogP contribution >= 0.6 is 0 Å². The van der Waals surface area contributed by atoms with E-state index in [1.807, 2.05) is 13.0 Å². The number of hydrogen-bond donors (Lipinski definition) is 2. The summed E-state index contributed by atoms with van der Waals surface area (Å²) in [6, 6.07) is 5.96. The number of nitrogens with zero attached hydrogens (tertiary/aromatic N) is 1. The summed E-state index contributed by atoms with van der Waals surface area (Å²) in [6.45, 7) is 2.47. The molecule has 0 fully saturated rings. The molecule has 1 aromatic carbocycles. The van der Waals surface area contributed by atoms with Crippen LogP contribution in [-0.2, 0) is 0 Å². The molecule has 3 nitrogen and oxygen atoms in total. The van der Waals surface area contributed by atoms with Crippen molar-refractivity contribution in [3.8, 4) is 6.07 Å². The van der Waals surface area contributed by atoms with Crippen molar-refractivity contribution < 1.29 is 9.50 Å². The minimum absolute atomic E-state index is 0.283. The van der Waals surface area contributed by atoms with Crippen LogP contribution in [-0.4, -0.2) is 17.8 Å². The van der Waals surface area contributed by atoms with Crippen LogP contribution in [0.15, 0.2) is 18.2 Å². The average molecular weight is 222 g/mol. The highest BCUT2D eigenvalue weighted by molar-refractivity contribution is 5.57. The lowest BCUT2D eigenvalue weighted by atomic mass is 10.1. The van der Waals surface area contributed by atoms with Crippen LogP contribution in [0.1, 0.15) is 25.3 Å². The maximum atomic E-state index is 12.8. The number of nitrogens with one attached hydrogen (secondary N) is 1. The highest BCUT2D eigenvalue weighted by atomic mass is 19.1. The monoisotopic (exact) mass is 222 g/mol. The molecule has 0 aliphatic heterocycles. The third-order valence-corrected chi connectivity index (χ3v) is 2.37. The van der Waals surface area contributed by atoms with E-state index < -0.39 is 5.82 Å². The predicted octanol–water partition coefficient (Wildman–Crippen LogP) is 2.27. The molecule has 0 heterocycles. The van der Waals surface area contributed by atoms with E-state index in [1.165, 1.54) is 18.2 Å². The third kappa shape index (κ3) is 3.52. The van der Waals surface area contributed by atoms with Crippen LogP contribution in [0, 0.1) is 17.1 Å². The van der Waals surface area contributed by atoms with Gasteiger partial charge in [0.2, 0.25) is 0 Å². The lowest BCUT2D eigenvalue weighted by molar-refractivity contribution is 0.164. The summed E-state index contributed by atoms with van der Waals surface area (Å²) >= 11 is 0. The summed E-state index contributed by atoms with van der Waals surface area (Å²) in [6.07, 6.45) is 0.980. The van der Waals surface area contributed by atoms with Gasteiger partial charge >= 0.3 is 0 Å². The summed E-state index contributed by atoms with van der Waals surface area (Å²) in [5.41, 5.74) is 0.887. The molecule has 0 aliphatic rings. The first-order valence-corrected chi connectivity index (χ1v) is 5.29. The molecule has 0 bridgehead atoms. The van der Waals surface area contributed by atoms with Gasteiger partial charge in [-0.3, -0.25) is 0 Å². The molecule has 0 aromatic heterocycles. The van der Waals surface area contributed by atoms with Gasteiger partial charge in [-0.25, -0.2) is 4.39 Å². The van der Waals surface area contributed by atoms with Crippen LogP contribution in [0.4, 0.5) is 10.1 Å². The summed E-state index contributed by atoms with van der Waals surface area (Å²) in [5, 5.41) is 21.1. The van der Waals surface area contributed by atoms with E-state index >= 15 is 0 Å². The van der Waals surface area contributed by atoms with Crippen LogP contribution < -0.4 is 5.32 Å². The maximum absolute atomic E-state index is 12.8. The molecular weight excluding hydrogens is 207 g/mol. The minimum atomic E-state index is -0.421. The third-order valence-electron chi connectivity index (χ3n) is 2.37. The van der Waals surface area contributed by atoms with E-state index in [0.29, 0.717) is 25.1 Å². The zero-order valence-electron chi connectivity index (χ0n) is 9.20. The van der Waals surface area contributed by atoms with Crippen LogP contribution in [0.25, 0.3) is 0 Å². The van der Waals surface area contributed by atoms with Gasteiger partial charge in [0.25, 0.3) is 0 Å². The molecule has 1 unspecified atom stereocenters. The van der Waals surface area contributed by atoms with Gasteiger partial charge in [0.05, 0.1) is 17.4 Å². The van der Waals surface area contributed by atoms with Crippen molar-refractivity contribution in [3.63, 3.8) is 0 Å². The molecule has 0 saturated carbocycles. The molecule has 1 rings (SSSR count). The highest BCUT2D eigenvalue weighted by Gasteiger charge is 2.04. The van der Waals surface area contributed by atoms with Crippen LogP contribution in [0.5, 0.6) is 0 Å². The molecule has 0 amide bonds. The van der Waals surface area contributed by atoms with E-state index in [-0.39, 0.29) is 11.7 Å². The predicted molar refractivity (Wildman–Crippen MR) is 60.5 cm³/mol. The van der Waals surface area contributed by atoms with Gasteiger partial charge in [0, 0.05) is 6.54 Å². The van der Waals surface area contributed by atoms with Crippen LogP contribution in [0.2, 0.25) is 0 Å². The molecule has 1 aromatic rings. The molecule has 16 heavy (non-hydrogen) atoms. The lowest BCUT2D eigenvalue weighted by Crippen LogP contribution is -2.12. The van der Waals surface area contributed by atoms with Crippen molar-refractivity contribution in [2.24, 2.45) is 0 Å². The van der Waals surface area contributed by atoms with Gasteiger partial charge in [-0.05, 0) is 31.0 Å². The summed E-state index contributed by atoms with van der Waals surface area (Å²) < 4.78 is 12.8. The number of benzene rings is 1. The van der Waals surface area contributed by atoms with Gasteiger partial charge in [-0.15, -0.1) is 0 Å². The molecule has 0 spiro atoms. The number of hydrogen-bond acceptors (Lipinski definition) is 3. The molecule has 0 aliphatic carbocycles. The Bertz CT molecular complexity index is 387. The number of aliphatic hydroxyl groups is 1. The number of rotatable bonds is 5. The topological polar surface area (TPSA) is 56.0 Å². The Morgan fingerprint density at radius 3 is 2.94 bits per heavy atom. The fourth-order valence-corrected chi connectivity index (χ4v) is 1.34. The summed E-state index contributed by atoms with van der Waals surface area (Å²) in [5.74, 6) is -0.421. The second-order valence-corrected chi connectivity index (χ2v) is 3.58. The van der Waals surface area contributed by atoms with E-state index in [9.17, 15) is 9.50 Å². The zero-order valence-corrected chi connectivity index (χ0v) is 9.20. The Kier molecular flexibility index (Phi) is 4.74. The van der Waals surface area contributed by atoms with E-state index in [2.05, 4.69) is 5.32 Å². The van der Waals surface area contributed by atoms with Crippen molar-refractivity contribution in [2.75, 3.05) is 11.9 Å². The number of halogens is 1. The Labute approximate surface area is 94.5 Å². The number of aliphatic hydroxyl groups excluding tert-OH is 1. The normalized spacial score (nSPS) is 11.9. The number of nitriles is 1. The van der Waals surface area contributed by atoms with Crippen molar-refractivity contribution >= 4 is 5.69 Å². The Morgan fingerprint density at radius 1 is 1.56 bits per heavy atom. The molecule has 86 valence electrons. The van der Waals surface area contributed by atoms with Crippen molar-refractivity contribution in [3.05, 3.63) is 29.6 Å². The Balaban J connectivity index is 2.57. The van der Waals surface area contributed by atoms with Gasteiger partial charge in [-0.1, -0.05) is 6.92 Å². The van der Waals surface area contributed by atoms with E-state index in [0.717, 1.165) is 0 Å². The van der Waals surface area contributed by atoms with E-state index in [4.69, 9.17) is 5.26 Å². The van der Waals surface area contributed by atoms with Crippen molar-refractivity contribution in [2.45, 2.75) is 25.9 Å².